The number of hydrogen-bond acceptors (Lipinski definition) is 1. The van der Waals surface area contributed by atoms with Crippen molar-refractivity contribution in [3.05, 3.63) is 59.2 Å². The van der Waals surface area contributed by atoms with Crippen LogP contribution in [0.1, 0.15) is 37.8 Å². The van der Waals surface area contributed by atoms with Gasteiger partial charge in [0.15, 0.2) is 0 Å². The van der Waals surface area contributed by atoms with Gasteiger partial charge in [0, 0.05) is 6.54 Å². The average Bonchev–Trinajstić information content (AvgIpc) is 2.38. The Morgan fingerprint density at radius 1 is 1.10 bits per heavy atom. The second kappa shape index (κ2) is 8.55. The zero-order valence-electron chi connectivity index (χ0n) is 13.3. The molecule has 0 aromatic heterocycles. The molecule has 0 aliphatic rings. The quantitative estimate of drug-likeness (QED) is 0.628. The minimum Gasteiger partial charge on any atom is -0.305 e. The molecule has 20 heavy (non-hydrogen) atoms. The minimum absolute atomic E-state index is 1.04. The number of rotatable bonds is 7. The predicted octanol–water partition coefficient (Wildman–Crippen LogP) is 5.02. The molecule has 0 aliphatic heterocycles. The molecular weight excluding hydrogens is 242 g/mol. The van der Waals surface area contributed by atoms with Crippen molar-refractivity contribution in [3.8, 4) is 0 Å². The van der Waals surface area contributed by atoms with E-state index in [1.807, 2.05) is 6.08 Å². The van der Waals surface area contributed by atoms with E-state index in [9.17, 15) is 0 Å². The number of benzene rings is 1. The van der Waals surface area contributed by atoms with Crippen LogP contribution in [0.15, 0.2) is 48.1 Å². The first-order chi connectivity index (χ1) is 9.52. The SMILES string of the molecule is C=Cc1ccccc1/C=C(\C)CC/C=C(/C)CN(C)C. The van der Waals surface area contributed by atoms with Gasteiger partial charge >= 0.3 is 0 Å². The maximum atomic E-state index is 3.87. The van der Waals surface area contributed by atoms with Crippen molar-refractivity contribution in [2.24, 2.45) is 0 Å². The molecule has 0 amide bonds. The summed E-state index contributed by atoms with van der Waals surface area (Å²) in [6.45, 7) is 9.32. The molecule has 108 valence electrons. The van der Waals surface area contributed by atoms with Crippen LogP contribution in [0.3, 0.4) is 0 Å². The summed E-state index contributed by atoms with van der Waals surface area (Å²) in [6.07, 6.45) is 8.75. The highest BCUT2D eigenvalue weighted by molar-refractivity contribution is 5.65. The fraction of sp³-hybridized carbons (Fsp3) is 0.368. The molecule has 1 rings (SSSR count). The molecular formula is C19H27N. The number of nitrogens with zero attached hydrogens (tertiary/aromatic N) is 1. The normalized spacial score (nSPS) is 12.8. The topological polar surface area (TPSA) is 3.24 Å². The fourth-order valence-electron chi connectivity index (χ4n) is 2.28. The van der Waals surface area contributed by atoms with Crippen LogP contribution in [0, 0.1) is 0 Å². The molecule has 0 atom stereocenters. The molecule has 0 radical (unpaired) electrons. The molecule has 1 heteroatoms. The van der Waals surface area contributed by atoms with Crippen molar-refractivity contribution in [2.75, 3.05) is 20.6 Å². The van der Waals surface area contributed by atoms with E-state index in [1.54, 1.807) is 0 Å². The van der Waals surface area contributed by atoms with E-state index in [1.165, 1.54) is 22.3 Å². The molecule has 0 unspecified atom stereocenters. The molecule has 1 aromatic carbocycles. The van der Waals surface area contributed by atoms with Gasteiger partial charge in [-0.25, -0.2) is 0 Å². The Balaban J connectivity index is 2.60. The maximum absolute atomic E-state index is 3.87. The number of allylic oxidation sites excluding steroid dienone is 2. The molecule has 0 N–H and O–H groups in total. The minimum atomic E-state index is 1.04. The second-order valence-corrected chi connectivity index (χ2v) is 5.65. The van der Waals surface area contributed by atoms with Crippen LogP contribution in [0.25, 0.3) is 12.2 Å². The maximum Gasteiger partial charge on any atom is 0.0183 e. The highest BCUT2D eigenvalue weighted by Gasteiger charge is 1.97. The van der Waals surface area contributed by atoms with Gasteiger partial charge in [-0.15, -0.1) is 0 Å². The van der Waals surface area contributed by atoms with Gasteiger partial charge in [-0.2, -0.15) is 0 Å². The molecule has 0 heterocycles. The van der Waals surface area contributed by atoms with E-state index in [-0.39, 0.29) is 0 Å². The Morgan fingerprint density at radius 3 is 2.35 bits per heavy atom. The largest absolute Gasteiger partial charge is 0.305 e. The van der Waals surface area contributed by atoms with Crippen molar-refractivity contribution < 1.29 is 0 Å². The smallest absolute Gasteiger partial charge is 0.0183 e. The lowest BCUT2D eigenvalue weighted by Gasteiger charge is -2.09. The van der Waals surface area contributed by atoms with Gasteiger partial charge in [0.25, 0.3) is 0 Å². The molecule has 1 nitrogen and oxygen atoms in total. The van der Waals surface area contributed by atoms with Crippen LogP contribution in [0.2, 0.25) is 0 Å². The van der Waals surface area contributed by atoms with Crippen LogP contribution >= 0.6 is 0 Å². The fourth-order valence-corrected chi connectivity index (χ4v) is 2.28. The monoisotopic (exact) mass is 269 g/mol. The van der Waals surface area contributed by atoms with E-state index < -0.39 is 0 Å². The van der Waals surface area contributed by atoms with Crippen molar-refractivity contribution >= 4 is 12.2 Å². The third-order valence-corrected chi connectivity index (χ3v) is 3.21. The van der Waals surface area contributed by atoms with Gasteiger partial charge in [0.2, 0.25) is 0 Å². The van der Waals surface area contributed by atoms with Crippen LogP contribution in [-0.2, 0) is 0 Å². The van der Waals surface area contributed by atoms with Gasteiger partial charge in [-0.1, -0.05) is 60.2 Å². The Labute approximate surface area is 124 Å². The van der Waals surface area contributed by atoms with Crippen LogP contribution in [0.4, 0.5) is 0 Å². The molecule has 0 bridgehead atoms. The first-order valence-corrected chi connectivity index (χ1v) is 7.22. The van der Waals surface area contributed by atoms with Crippen molar-refractivity contribution in [1.29, 1.82) is 0 Å². The predicted molar refractivity (Wildman–Crippen MR) is 91.7 cm³/mol. The van der Waals surface area contributed by atoms with Gasteiger partial charge in [0.05, 0.1) is 0 Å². The summed E-state index contributed by atoms with van der Waals surface area (Å²) in [5.41, 5.74) is 5.31. The summed E-state index contributed by atoms with van der Waals surface area (Å²) in [7, 11) is 4.21. The third-order valence-electron chi connectivity index (χ3n) is 3.21. The Bertz CT molecular complexity index is 492. The summed E-state index contributed by atoms with van der Waals surface area (Å²) in [4.78, 5) is 2.20. The van der Waals surface area contributed by atoms with Gasteiger partial charge < -0.3 is 4.90 Å². The highest BCUT2D eigenvalue weighted by Crippen LogP contribution is 2.17. The molecule has 0 saturated carbocycles. The molecule has 0 spiro atoms. The number of hydrogen-bond donors (Lipinski definition) is 0. The van der Waals surface area contributed by atoms with Crippen LogP contribution in [0.5, 0.6) is 0 Å². The summed E-state index contributed by atoms with van der Waals surface area (Å²) < 4.78 is 0. The lowest BCUT2D eigenvalue weighted by Crippen LogP contribution is -2.13. The van der Waals surface area contributed by atoms with Crippen molar-refractivity contribution in [2.45, 2.75) is 26.7 Å². The first-order valence-electron chi connectivity index (χ1n) is 7.22. The van der Waals surface area contributed by atoms with E-state index in [2.05, 4.69) is 75.8 Å². The van der Waals surface area contributed by atoms with Crippen LogP contribution < -0.4 is 0 Å². The van der Waals surface area contributed by atoms with E-state index in [4.69, 9.17) is 0 Å². The zero-order chi connectivity index (χ0) is 15.0. The van der Waals surface area contributed by atoms with E-state index in [0.29, 0.717) is 0 Å². The Kier molecular flexibility index (Phi) is 7.03. The summed E-state index contributed by atoms with van der Waals surface area (Å²) >= 11 is 0. The molecule has 0 fully saturated rings. The van der Waals surface area contributed by atoms with Crippen molar-refractivity contribution in [1.82, 2.24) is 4.90 Å². The zero-order valence-corrected chi connectivity index (χ0v) is 13.3. The average molecular weight is 269 g/mol. The van der Waals surface area contributed by atoms with E-state index in [0.717, 1.165) is 19.4 Å². The Morgan fingerprint density at radius 2 is 1.75 bits per heavy atom. The lowest BCUT2D eigenvalue weighted by atomic mass is 10.0. The standard InChI is InChI=1S/C19H27N/c1-6-18-12-7-8-13-19(18)14-16(2)10-9-11-17(3)15-20(4)5/h6-8,11-14H,1,9-10,15H2,2-5H3/b16-14+,17-11-. The number of likely N-dealkylation sites (N-methyl/N-ethyl adjacent to an activating group) is 1. The summed E-state index contributed by atoms with van der Waals surface area (Å²) in [5, 5.41) is 0. The van der Waals surface area contributed by atoms with Crippen LogP contribution in [-0.4, -0.2) is 25.5 Å². The first kappa shape index (κ1) is 16.5. The van der Waals surface area contributed by atoms with Crippen molar-refractivity contribution in [3.63, 3.8) is 0 Å². The van der Waals surface area contributed by atoms with Gasteiger partial charge in [-0.05, 0) is 51.9 Å². The van der Waals surface area contributed by atoms with Gasteiger partial charge in [0.1, 0.15) is 0 Å². The lowest BCUT2D eigenvalue weighted by molar-refractivity contribution is 0.444. The van der Waals surface area contributed by atoms with E-state index >= 15 is 0 Å². The Hall–Kier alpha value is -1.60. The molecule has 1 aromatic rings. The summed E-state index contributed by atoms with van der Waals surface area (Å²) in [5.74, 6) is 0. The highest BCUT2D eigenvalue weighted by atomic mass is 15.0. The molecule has 0 saturated heterocycles. The van der Waals surface area contributed by atoms with Gasteiger partial charge in [-0.3, -0.25) is 0 Å². The second-order valence-electron chi connectivity index (χ2n) is 5.65. The summed E-state index contributed by atoms with van der Waals surface area (Å²) in [6, 6.07) is 8.38. The molecule has 0 aliphatic carbocycles. The third kappa shape index (κ3) is 6.03.